The monoisotopic (exact) mass is 279 g/mol. The van der Waals surface area contributed by atoms with Crippen molar-refractivity contribution in [3.05, 3.63) is 6.33 Å². The molecule has 2 N–H and O–H groups in total. The Kier molecular flexibility index (Phi) is 4.32. The molecule has 0 radical (unpaired) electrons. The predicted molar refractivity (Wildman–Crippen MR) is 81.2 cm³/mol. The maximum Gasteiger partial charge on any atom is 0.242 e. The van der Waals surface area contributed by atoms with Crippen LogP contribution in [0.25, 0.3) is 0 Å². The molecule has 0 bridgehead atoms. The molecule has 1 fully saturated rings. The van der Waals surface area contributed by atoms with Crippen LogP contribution in [0, 0.1) is 0 Å². The number of ether oxygens (including phenoxy) is 1. The lowest BCUT2D eigenvalue weighted by Crippen LogP contribution is -2.53. The molecule has 0 spiro atoms. The normalized spacial score (nSPS) is 17.3. The average Bonchev–Trinajstić information content (AvgIpc) is 2.41. The number of hydrogen-bond acceptors (Lipinski definition) is 6. The predicted octanol–water partition coefficient (Wildman–Crippen LogP) is 1.38. The van der Waals surface area contributed by atoms with Crippen LogP contribution in [0.15, 0.2) is 6.33 Å². The number of nitrogen functional groups attached to an aromatic ring is 1. The average molecular weight is 279 g/mol. The smallest absolute Gasteiger partial charge is 0.242 e. The second kappa shape index (κ2) is 5.83. The van der Waals surface area contributed by atoms with E-state index >= 15 is 0 Å². The van der Waals surface area contributed by atoms with Gasteiger partial charge in [-0.25, -0.2) is 4.98 Å². The fourth-order valence-electron chi connectivity index (χ4n) is 2.46. The number of nitrogens with zero attached hydrogens (tertiary/aromatic N) is 4. The summed E-state index contributed by atoms with van der Waals surface area (Å²) in [4.78, 5) is 13.1. The molecule has 1 aromatic rings. The first-order valence-electron chi connectivity index (χ1n) is 7.16. The van der Waals surface area contributed by atoms with Crippen molar-refractivity contribution in [1.82, 2.24) is 14.9 Å². The zero-order valence-electron chi connectivity index (χ0n) is 12.9. The highest BCUT2D eigenvalue weighted by atomic mass is 16.5. The van der Waals surface area contributed by atoms with Crippen LogP contribution >= 0.6 is 0 Å². The topological polar surface area (TPSA) is 67.5 Å². The summed E-state index contributed by atoms with van der Waals surface area (Å²) >= 11 is 0. The lowest BCUT2D eigenvalue weighted by Gasteiger charge is -2.42. The number of piperazine rings is 1. The number of rotatable bonds is 3. The summed E-state index contributed by atoms with van der Waals surface area (Å²) in [5.74, 6) is 1.27. The lowest BCUT2D eigenvalue weighted by molar-refractivity contribution is 0.128. The minimum absolute atomic E-state index is 0.208. The lowest BCUT2D eigenvalue weighted by atomic mass is 10.0. The quantitative estimate of drug-likeness (QED) is 0.901. The number of anilines is 2. The van der Waals surface area contributed by atoms with E-state index in [0.717, 1.165) is 32.0 Å². The van der Waals surface area contributed by atoms with E-state index in [2.05, 4.69) is 40.5 Å². The van der Waals surface area contributed by atoms with Gasteiger partial charge in [-0.05, 0) is 27.7 Å². The van der Waals surface area contributed by atoms with Crippen LogP contribution in [0.2, 0.25) is 0 Å². The maximum absolute atomic E-state index is 6.12. The molecule has 2 heterocycles. The molecule has 20 heavy (non-hydrogen) atoms. The van der Waals surface area contributed by atoms with E-state index in [1.54, 1.807) is 0 Å². The van der Waals surface area contributed by atoms with Crippen molar-refractivity contribution in [2.45, 2.75) is 33.2 Å². The highest BCUT2D eigenvalue weighted by molar-refractivity contribution is 5.67. The number of nitrogens with two attached hydrogens (primary N) is 1. The van der Waals surface area contributed by atoms with Crippen molar-refractivity contribution >= 4 is 11.5 Å². The number of hydrogen-bond donors (Lipinski definition) is 1. The van der Waals surface area contributed by atoms with Crippen molar-refractivity contribution < 1.29 is 4.74 Å². The summed E-state index contributed by atoms with van der Waals surface area (Å²) in [6.07, 6.45) is 1.52. The van der Waals surface area contributed by atoms with Gasteiger partial charge in [0.2, 0.25) is 5.88 Å². The van der Waals surface area contributed by atoms with Gasteiger partial charge in [-0.2, -0.15) is 4.98 Å². The van der Waals surface area contributed by atoms with Gasteiger partial charge in [-0.15, -0.1) is 0 Å². The van der Waals surface area contributed by atoms with Crippen LogP contribution in [0.3, 0.4) is 0 Å². The van der Waals surface area contributed by atoms with E-state index < -0.39 is 0 Å². The minimum Gasteiger partial charge on any atom is -0.476 e. The molecule has 0 atom stereocenters. The zero-order chi connectivity index (χ0) is 14.8. The minimum atomic E-state index is 0.208. The van der Waals surface area contributed by atoms with Crippen LogP contribution in [0.1, 0.15) is 27.7 Å². The summed E-state index contributed by atoms with van der Waals surface area (Å²) in [7, 11) is 0. The molecule has 6 heteroatoms. The molecule has 0 aromatic carbocycles. The van der Waals surface area contributed by atoms with Crippen LogP contribution in [0.4, 0.5) is 11.5 Å². The Morgan fingerprint density at radius 2 is 1.85 bits per heavy atom. The van der Waals surface area contributed by atoms with Gasteiger partial charge >= 0.3 is 0 Å². The van der Waals surface area contributed by atoms with E-state index in [-0.39, 0.29) is 5.54 Å². The Morgan fingerprint density at radius 1 is 1.20 bits per heavy atom. The first-order chi connectivity index (χ1) is 9.43. The van der Waals surface area contributed by atoms with Gasteiger partial charge in [-0.1, -0.05) is 0 Å². The first kappa shape index (κ1) is 14.8. The SMILES string of the molecule is CCOc1ncnc(N2CCN(C(C)(C)C)CC2)c1N. The molecule has 0 saturated carbocycles. The Balaban J connectivity index is 2.09. The van der Waals surface area contributed by atoms with Crippen molar-refractivity contribution in [3.8, 4) is 5.88 Å². The van der Waals surface area contributed by atoms with Gasteiger partial charge < -0.3 is 15.4 Å². The van der Waals surface area contributed by atoms with Crippen LogP contribution in [-0.4, -0.2) is 53.2 Å². The highest BCUT2D eigenvalue weighted by Gasteiger charge is 2.27. The van der Waals surface area contributed by atoms with Crippen LogP contribution in [-0.2, 0) is 0 Å². The first-order valence-corrected chi connectivity index (χ1v) is 7.16. The fraction of sp³-hybridized carbons (Fsp3) is 0.714. The molecular formula is C14H25N5O. The van der Waals surface area contributed by atoms with Gasteiger partial charge in [0.25, 0.3) is 0 Å². The molecule has 2 rings (SSSR count). The molecule has 112 valence electrons. The molecule has 1 aromatic heterocycles. The van der Waals surface area contributed by atoms with Crippen molar-refractivity contribution in [2.24, 2.45) is 0 Å². The number of aromatic nitrogens is 2. The molecule has 1 saturated heterocycles. The van der Waals surface area contributed by atoms with Crippen molar-refractivity contribution in [1.29, 1.82) is 0 Å². The Morgan fingerprint density at radius 3 is 2.40 bits per heavy atom. The van der Waals surface area contributed by atoms with E-state index in [4.69, 9.17) is 10.5 Å². The van der Waals surface area contributed by atoms with E-state index in [1.165, 1.54) is 6.33 Å². The van der Waals surface area contributed by atoms with Gasteiger partial charge in [0, 0.05) is 31.7 Å². The second-order valence-corrected chi connectivity index (χ2v) is 5.99. The molecule has 0 aliphatic carbocycles. The Labute approximate surface area is 120 Å². The van der Waals surface area contributed by atoms with E-state index in [1.807, 2.05) is 6.92 Å². The summed E-state index contributed by atoms with van der Waals surface area (Å²) in [6, 6.07) is 0. The zero-order valence-corrected chi connectivity index (χ0v) is 12.9. The second-order valence-electron chi connectivity index (χ2n) is 5.99. The Hall–Kier alpha value is -1.56. The highest BCUT2D eigenvalue weighted by Crippen LogP contribution is 2.29. The summed E-state index contributed by atoms with van der Waals surface area (Å²) in [6.45, 7) is 13.1. The molecule has 1 aliphatic heterocycles. The van der Waals surface area contributed by atoms with Gasteiger partial charge in [0.15, 0.2) is 5.82 Å². The molecule has 0 unspecified atom stereocenters. The van der Waals surface area contributed by atoms with E-state index in [9.17, 15) is 0 Å². The van der Waals surface area contributed by atoms with Crippen molar-refractivity contribution in [3.63, 3.8) is 0 Å². The third-order valence-corrected chi connectivity index (χ3v) is 3.64. The molecule has 6 nitrogen and oxygen atoms in total. The van der Waals surface area contributed by atoms with Gasteiger partial charge in [0.05, 0.1) is 6.61 Å². The summed E-state index contributed by atoms with van der Waals surface area (Å²) in [5.41, 5.74) is 6.86. The van der Waals surface area contributed by atoms with Crippen molar-refractivity contribution in [2.75, 3.05) is 43.4 Å². The molecule has 1 aliphatic rings. The third-order valence-electron chi connectivity index (χ3n) is 3.64. The molecule has 0 amide bonds. The largest absolute Gasteiger partial charge is 0.476 e. The maximum atomic E-state index is 6.12. The van der Waals surface area contributed by atoms with Crippen LogP contribution < -0.4 is 15.4 Å². The summed E-state index contributed by atoms with van der Waals surface area (Å²) < 4.78 is 5.43. The Bertz CT molecular complexity index is 449. The van der Waals surface area contributed by atoms with Gasteiger partial charge in [-0.3, -0.25) is 4.90 Å². The standard InChI is InChI=1S/C14H25N5O/c1-5-20-13-11(15)12(16-10-17-13)18-6-8-19(9-7-18)14(2,3)4/h10H,5-9,15H2,1-4H3. The van der Waals surface area contributed by atoms with Crippen LogP contribution in [0.5, 0.6) is 5.88 Å². The third kappa shape index (κ3) is 3.12. The van der Waals surface area contributed by atoms with E-state index in [0.29, 0.717) is 18.2 Å². The van der Waals surface area contributed by atoms with Gasteiger partial charge in [0.1, 0.15) is 12.0 Å². The fourth-order valence-corrected chi connectivity index (χ4v) is 2.46. The molecular weight excluding hydrogens is 254 g/mol. The summed E-state index contributed by atoms with van der Waals surface area (Å²) in [5, 5.41) is 0.